The van der Waals surface area contributed by atoms with Crippen LogP contribution in [0.4, 0.5) is 4.39 Å². The van der Waals surface area contributed by atoms with Gasteiger partial charge in [0.1, 0.15) is 5.82 Å². The number of likely N-dealkylation sites (N-methyl/N-ethyl adjacent to an activating group) is 1. The fourth-order valence-electron chi connectivity index (χ4n) is 1.45. The molecule has 1 unspecified atom stereocenters. The molecule has 14 heavy (non-hydrogen) atoms. The van der Waals surface area contributed by atoms with Gasteiger partial charge in [-0.25, -0.2) is 4.39 Å². The zero-order valence-electron chi connectivity index (χ0n) is 8.48. The van der Waals surface area contributed by atoms with Crippen LogP contribution in [-0.4, -0.2) is 12.6 Å². The lowest BCUT2D eigenvalue weighted by Crippen LogP contribution is -2.27. The van der Waals surface area contributed by atoms with Gasteiger partial charge in [0.15, 0.2) is 0 Å². The van der Waals surface area contributed by atoms with E-state index in [2.05, 4.69) is 35.1 Å². The van der Waals surface area contributed by atoms with E-state index in [-0.39, 0.29) is 5.82 Å². The first kappa shape index (κ1) is 11.7. The third kappa shape index (κ3) is 3.39. The van der Waals surface area contributed by atoms with Crippen molar-refractivity contribution >= 4 is 15.9 Å². The summed E-state index contributed by atoms with van der Waals surface area (Å²) in [6.45, 7) is 5.10. The minimum Gasteiger partial charge on any atom is -0.314 e. The molecule has 0 radical (unpaired) electrons. The van der Waals surface area contributed by atoms with Crippen molar-refractivity contribution in [3.05, 3.63) is 34.1 Å². The van der Waals surface area contributed by atoms with Gasteiger partial charge in [-0.05, 0) is 43.7 Å². The number of halogens is 2. The summed E-state index contributed by atoms with van der Waals surface area (Å²) < 4.78 is 13.9. The van der Waals surface area contributed by atoms with Crippen LogP contribution >= 0.6 is 15.9 Å². The van der Waals surface area contributed by atoms with Crippen molar-refractivity contribution in [2.75, 3.05) is 6.54 Å². The first-order chi connectivity index (χ1) is 6.63. The summed E-state index contributed by atoms with van der Waals surface area (Å²) in [5.41, 5.74) is 1.01. The number of hydrogen-bond donors (Lipinski definition) is 1. The summed E-state index contributed by atoms with van der Waals surface area (Å²) in [6, 6.07) is 5.17. The Hall–Kier alpha value is -0.410. The van der Waals surface area contributed by atoms with Crippen molar-refractivity contribution in [3.8, 4) is 0 Å². The van der Waals surface area contributed by atoms with Crippen LogP contribution in [0.2, 0.25) is 0 Å². The predicted molar refractivity (Wildman–Crippen MR) is 60.9 cm³/mol. The summed E-state index contributed by atoms with van der Waals surface area (Å²) in [7, 11) is 0. The maximum absolute atomic E-state index is 12.9. The number of hydrogen-bond acceptors (Lipinski definition) is 1. The van der Waals surface area contributed by atoms with Crippen LogP contribution in [0.5, 0.6) is 0 Å². The molecule has 0 saturated heterocycles. The molecule has 1 aromatic carbocycles. The van der Waals surface area contributed by atoms with E-state index in [0.29, 0.717) is 6.04 Å². The van der Waals surface area contributed by atoms with E-state index in [0.717, 1.165) is 23.0 Å². The zero-order valence-corrected chi connectivity index (χ0v) is 10.1. The maximum atomic E-state index is 12.9. The second-order valence-electron chi connectivity index (χ2n) is 3.40. The molecule has 0 aliphatic carbocycles. The van der Waals surface area contributed by atoms with Gasteiger partial charge < -0.3 is 5.32 Å². The average Bonchev–Trinajstić information content (AvgIpc) is 2.12. The van der Waals surface area contributed by atoms with Gasteiger partial charge in [0, 0.05) is 10.5 Å². The van der Waals surface area contributed by atoms with E-state index >= 15 is 0 Å². The summed E-state index contributed by atoms with van der Waals surface area (Å²) in [5, 5.41) is 3.30. The molecule has 78 valence electrons. The minimum atomic E-state index is -0.174. The number of benzene rings is 1. The van der Waals surface area contributed by atoms with E-state index < -0.39 is 0 Å². The second-order valence-corrected chi connectivity index (χ2v) is 4.25. The Morgan fingerprint density at radius 1 is 1.50 bits per heavy atom. The Kier molecular flexibility index (Phi) is 4.55. The highest BCUT2D eigenvalue weighted by molar-refractivity contribution is 9.10. The fourth-order valence-corrected chi connectivity index (χ4v) is 1.86. The lowest BCUT2D eigenvalue weighted by atomic mass is 10.1. The van der Waals surface area contributed by atoms with E-state index in [1.54, 1.807) is 12.1 Å². The van der Waals surface area contributed by atoms with E-state index in [4.69, 9.17) is 0 Å². The smallest absolute Gasteiger partial charge is 0.123 e. The molecule has 1 nitrogen and oxygen atoms in total. The van der Waals surface area contributed by atoms with Gasteiger partial charge in [0.05, 0.1) is 0 Å². The van der Waals surface area contributed by atoms with Crippen molar-refractivity contribution in [1.82, 2.24) is 5.32 Å². The van der Waals surface area contributed by atoms with Crippen LogP contribution in [0.25, 0.3) is 0 Å². The van der Waals surface area contributed by atoms with Crippen LogP contribution in [0.15, 0.2) is 22.7 Å². The van der Waals surface area contributed by atoms with Crippen molar-refractivity contribution < 1.29 is 4.39 Å². The SMILES string of the molecule is CCNC(C)Cc1cc(F)ccc1Br. The van der Waals surface area contributed by atoms with Crippen LogP contribution in [0, 0.1) is 5.82 Å². The molecule has 0 amide bonds. The highest BCUT2D eigenvalue weighted by atomic mass is 79.9. The minimum absolute atomic E-state index is 0.174. The van der Waals surface area contributed by atoms with Gasteiger partial charge in [-0.15, -0.1) is 0 Å². The molecule has 3 heteroatoms. The zero-order chi connectivity index (χ0) is 10.6. The van der Waals surface area contributed by atoms with Crippen molar-refractivity contribution in [2.45, 2.75) is 26.3 Å². The molecule has 0 fully saturated rings. The molecule has 1 rings (SSSR count). The molecular formula is C11H15BrFN. The van der Waals surface area contributed by atoms with E-state index in [1.165, 1.54) is 6.07 Å². The third-order valence-electron chi connectivity index (χ3n) is 2.09. The Balaban J connectivity index is 2.70. The van der Waals surface area contributed by atoms with Gasteiger partial charge >= 0.3 is 0 Å². The Morgan fingerprint density at radius 3 is 2.86 bits per heavy atom. The standard InChI is InChI=1S/C11H15BrFN/c1-3-14-8(2)6-9-7-10(13)4-5-11(9)12/h4-5,7-8,14H,3,6H2,1-2H3. The molecule has 0 spiro atoms. The van der Waals surface area contributed by atoms with Crippen LogP contribution < -0.4 is 5.32 Å². The molecule has 0 saturated carbocycles. The topological polar surface area (TPSA) is 12.0 Å². The lowest BCUT2D eigenvalue weighted by Gasteiger charge is -2.13. The molecule has 0 aliphatic rings. The van der Waals surface area contributed by atoms with Gasteiger partial charge in [0.25, 0.3) is 0 Å². The van der Waals surface area contributed by atoms with E-state index in [9.17, 15) is 4.39 Å². The second kappa shape index (κ2) is 5.47. The summed E-state index contributed by atoms with van der Waals surface area (Å²) in [5.74, 6) is -0.174. The van der Waals surface area contributed by atoms with Gasteiger partial charge in [0.2, 0.25) is 0 Å². The summed E-state index contributed by atoms with van der Waals surface area (Å²) in [4.78, 5) is 0. The number of rotatable bonds is 4. The van der Waals surface area contributed by atoms with Gasteiger partial charge in [-0.2, -0.15) is 0 Å². The molecule has 1 N–H and O–H groups in total. The first-order valence-electron chi connectivity index (χ1n) is 4.80. The van der Waals surface area contributed by atoms with Crippen LogP contribution in [0.1, 0.15) is 19.4 Å². The number of nitrogens with one attached hydrogen (secondary N) is 1. The Morgan fingerprint density at radius 2 is 2.21 bits per heavy atom. The largest absolute Gasteiger partial charge is 0.314 e. The molecule has 1 aromatic rings. The predicted octanol–water partition coefficient (Wildman–Crippen LogP) is 3.13. The van der Waals surface area contributed by atoms with Crippen LogP contribution in [-0.2, 0) is 6.42 Å². The Bertz CT molecular complexity index is 301. The lowest BCUT2D eigenvalue weighted by molar-refractivity contribution is 0.560. The van der Waals surface area contributed by atoms with Gasteiger partial charge in [-0.3, -0.25) is 0 Å². The first-order valence-corrected chi connectivity index (χ1v) is 5.60. The average molecular weight is 260 g/mol. The summed E-state index contributed by atoms with van der Waals surface area (Å²) in [6.07, 6.45) is 0.839. The summed E-state index contributed by atoms with van der Waals surface area (Å²) >= 11 is 3.42. The molecule has 0 aliphatic heterocycles. The van der Waals surface area contributed by atoms with Crippen molar-refractivity contribution in [2.24, 2.45) is 0 Å². The highest BCUT2D eigenvalue weighted by Crippen LogP contribution is 2.19. The molecule has 0 heterocycles. The molecule has 0 bridgehead atoms. The normalized spacial score (nSPS) is 12.9. The van der Waals surface area contributed by atoms with Gasteiger partial charge in [-0.1, -0.05) is 22.9 Å². The highest BCUT2D eigenvalue weighted by Gasteiger charge is 2.06. The van der Waals surface area contributed by atoms with Crippen molar-refractivity contribution in [1.29, 1.82) is 0 Å². The van der Waals surface area contributed by atoms with Crippen molar-refractivity contribution in [3.63, 3.8) is 0 Å². The Labute approximate surface area is 92.8 Å². The quantitative estimate of drug-likeness (QED) is 0.877. The maximum Gasteiger partial charge on any atom is 0.123 e. The van der Waals surface area contributed by atoms with E-state index in [1.807, 2.05) is 0 Å². The fraction of sp³-hybridized carbons (Fsp3) is 0.455. The molecular weight excluding hydrogens is 245 g/mol. The molecule has 1 atom stereocenters. The third-order valence-corrected chi connectivity index (χ3v) is 2.86. The van der Waals surface area contributed by atoms with Crippen LogP contribution in [0.3, 0.4) is 0 Å². The molecule has 0 aromatic heterocycles. The monoisotopic (exact) mass is 259 g/mol.